The molecule has 0 amide bonds. The van der Waals surface area contributed by atoms with Crippen LogP contribution in [0.5, 0.6) is 0 Å². The third kappa shape index (κ3) is 2.72. The van der Waals surface area contributed by atoms with Crippen LogP contribution in [0.1, 0.15) is 12.8 Å². The first kappa shape index (κ1) is 13.5. The van der Waals surface area contributed by atoms with Gasteiger partial charge in [0, 0.05) is 45.8 Å². The highest BCUT2D eigenvalue weighted by atomic mass is 32.2. The second-order valence-electron chi connectivity index (χ2n) is 4.53. The lowest BCUT2D eigenvalue weighted by Crippen LogP contribution is -2.47. The molecule has 1 fully saturated rings. The van der Waals surface area contributed by atoms with Crippen LogP contribution in [0.25, 0.3) is 0 Å². The number of nitrogens with zero attached hydrogens (tertiary/aromatic N) is 2. The number of sulfonamides is 1. The zero-order valence-corrected chi connectivity index (χ0v) is 11.0. The zero-order valence-electron chi connectivity index (χ0n) is 10.2. The lowest BCUT2D eigenvalue weighted by atomic mass is 9.95. The highest BCUT2D eigenvalue weighted by molar-refractivity contribution is 7.89. The standard InChI is InChI=1S/C10H17N3O4S/c1-13(8-10(14)2-4-17-5-3-10)18(15,16)9-6-11-12-7-9/h6-7,14H,2-5,8H2,1H3,(H,11,12). The van der Waals surface area contributed by atoms with E-state index in [0.717, 1.165) is 4.31 Å². The van der Waals surface area contributed by atoms with Crippen molar-refractivity contribution in [3.8, 4) is 0 Å². The molecule has 1 aromatic heterocycles. The first-order valence-electron chi connectivity index (χ1n) is 5.69. The van der Waals surface area contributed by atoms with E-state index in [2.05, 4.69) is 10.2 Å². The number of rotatable bonds is 4. The topological polar surface area (TPSA) is 95.5 Å². The van der Waals surface area contributed by atoms with Crippen molar-refractivity contribution in [2.75, 3.05) is 26.8 Å². The van der Waals surface area contributed by atoms with Crippen LogP contribution in [0, 0.1) is 0 Å². The van der Waals surface area contributed by atoms with Gasteiger partial charge in [-0.3, -0.25) is 5.10 Å². The summed E-state index contributed by atoms with van der Waals surface area (Å²) >= 11 is 0. The Morgan fingerprint density at radius 1 is 1.56 bits per heavy atom. The number of ether oxygens (including phenoxy) is 1. The minimum absolute atomic E-state index is 0.0594. The van der Waals surface area contributed by atoms with E-state index in [0.29, 0.717) is 26.1 Å². The quantitative estimate of drug-likeness (QED) is 0.777. The van der Waals surface area contributed by atoms with Crippen molar-refractivity contribution in [3.63, 3.8) is 0 Å². The van der Waals surface area contributed by atoms with Crippen LogP contribution in [0.3, 0.4) is 0 Å². The minimum Gasteiger partial charge on any atom is -0.388 e. The van der Waals surface area contributed by atoms with E-state index in [4.69, 9.17) is 4.74 Å². The molecule has 1 aliphatic heterocycles. The number of likely N-dealkylation sites (N-methyl/N-ethyl adjacent to an activating group) is 1. The first-order chi connectivity index (χ1) is 8.44. The van der Waals surface area contributed by atoms with E-state index in [-0.39, 0.29) is 11.4 Å². The average Bonchev–Trinajstić information content (AvgIpc) is 2.83. The lowest BCUT2D eigenvalue weighted by Gasteiger charge is -2.34. The van der Waals surface area contributed by atoms with E-state index in [9.17, 15) is 13.5 Å². The van der Waals surface area contributed by atoms with Gasteiger partial charge >= 0.3 is 0 Å². The molecule has 0 atom stereocenters. The van der Waals surface area contributed by atoms with E-state index < -0.39 is 15.6 Å². The Morgan fingerprint density at radius 2 is 2.22 bits per heavy atom. The molecule has 0 aliphatic carbocycles. The first-order valence-corrected chi connectivity index (χ1v) is 7.13. The maximum absolute atomic E-state index is 12.1. The Bertz CT molecular complexity index is 479. The van der Waals surface area contributed by atoms with Crippen LogP contribution < -0.4 is 0 Å². The Kier molecular flexibility index (Phi) is 3.71. The molecule has 0 saturated carbocycles. The third-order valence-corrected chi connectivity index (χ3v) is 4.89. The van der Waals surface area contributed by atoms with Crippen LogP contribution in [-0.2, 0) is 14.8 Å². The maximum atomic E-state index is 12.1. The number of aromatic nitrogens is 2. The van der Waals surface area contributed by atoms with E-state index >= 15 is 0 Å². The van der Waals surface area contributed by atoms with Crippen molar-refractivity contribution in [2.45, 2.75) is 23.3 Å². The van der Waals surface area contributed by atoms with Gasteiger partial charge in [-0.2, -0.15) is 9.40 Å². The summed E-state index contributed by atoms with van der Waals surface area (Å²) in [5, 5.41) is 16.4. The Hall–Kier alpha value is -0.960. The molecule has 1 aliphatic rings. The molecule has 0 unspecified atom stereocenters. The van der Waals surface area contributed by atoms with Crippen LogP contribution in [-0.4, -0.2) is 60.4 Å². The van der Waals surface area contributed by atoms with Crippen molar-refractivity contribution in [1.82, 2.24) is 14.5 Å². The van der Waals surface area contributed by atoms with Gasteiger partial charge < -0.3 is 9.84 Å². The summed E-state index contributed by atoms with van der Waals surface area (Å²) in [6.07, 6.45) is 3.45. The maximum Gasteiger partial charge on any atom is 0.246 e. The van der Waals surface area contributed by atoms with Crippen LogP contribution in [0.15, 0.2) is 17.3 Å². The van der Waals surface area contributed by atoms with E-state index in [1.54, 1.807) is 0 Å². The number of hydrogen-bond donors (Lipinski definition) is 2. The van der Waals surface area contributed by atoms with Gasteiger partial charge in [0.1, 0.15) is 4.90 Å². The normalized spacial score (nSPS) is 20.2. The minimum atomic E-state index is -3.59. The van der Waals surface area contributed by atoms with Crippen LogP contribution >= 0.6 is 0 Å². The molecule has 102 valence electrons. The van der Waals surface area contributed by atoms with Crippen LogP contribution in [0.2, 0.25) is 0 Å². The fourth-order valence-corrected chi connectivity index (χ4v) is 3.13. The predicted molar refractivity (Wildman–Crippen MR) is 63.4 cm³/mol. The molecule has 0 bridgehead atoms. The van der Waals surface area contributed by atoms with Gasteiger partial charge in [-0.05, 0) is 0 Å². The monoisotopic (exact) mass is 275 g/mol. The van der Waals surface area contributed by atoms with E-state index in [1.165, 1.54) is 19.4 Å². The summed E-state index contributed by atoms with van der Waals surface area (Å²) < 4.78 is 30.6. The summed E-state index contributed by atoms with van der Waals surface area (Å²) in [6.45, 7) is 0.968. The number of aliphatic hydroxyl groups is 1. The van der Waals surface area contributed by atoms with Crippen molar-refractivity contribution in [3.05, 3.63) is 12.4 Å². The van der Waals surface area contributed by atoms with Crippen LogP contribution in [0.4, 0.5) is 0 Å². The summed E-state index contributed by atoms with van der Waals surface area (Å²) in [5.41, 5.74) is -1.01. The molecule has 2 heterocycles. The largest absolute Gasteiger partial charge is 0.388 e. The molecule has 2 N–H and O–H groups in total. The van der Waals surface area contributed by atoms with Crippen molar-refractivity contribution in [1.29, 1.82) is 0 Å². The molecule has 8 heteroatoms. The van der Waals surface area contributed by atoms with E-state index in [1.807, 2.05) is 0 Å². The summed E-state index contributed by atoms with van der Waals surface area (Å²) in [7, 11) is -2.14. The van der Waals surface area contributed by atoms with Gasteiger partial charge in [-0.15, -0.1) is 0 Å². The molecular weight excluding hydrogens is 258 g/mol. The second kappa shape index (κ2) is 4.96. The molecule has 18 heavy (non-hydrogen) atoms. The van der Waals surface area contributed by atoms with Gasteiger partial charge in [0.15, 0.2) is 0 Å². The van der Waals surface area contributed by atoms with Gasteiger partial charge in [0.2, 0.25) is 10.0 Å². The third-order valence-electron chi connectivity index (χ3n) is 3.12. The fraction of sp³-hybridized carbons (Fsp3) is 0.700. The smallest absolute Gasteiger partial charge is 0.246 e. The highest BCUT2D eigenvalue weighted by Gasteiger charge is 2.35. The molecule has 0 spiro atoms. The number of H-pyrrole nitrogens is 1. The SMILES string of the molecule is CN(CC1(O)CCOCC1)S(=O)(=O)c1cn[nH]c1. The second-order valence-corrected chi connectivity index (χ2v) is 6.58. The number of aromatic amines is 1. The number of hydrogen-bond acceptors (Lipinski definition) is 5. The Labute approximate surface area is 106 Å². The zero-order chi connectivity index (χ0) is 13.2. The van der Waals surface area contributed by atoms with Gasteiger partial charge in [0.25, 0.3) is 0 Å². The van der Waals surface area contributed by atoms with Gasteiger partial charge in [-0.1, -0.05) is 0 Å². The lowest BCUT2D eigenvalue weighted by molar-refractivity contribution is -0.0689. The molecular formula is C10H17N3O4S. The molecule has 2 rings (SSSR count). The Balaban J connectivity index is 2.10. The Morgan fingerprint density at radius 3 is 2.78 bits per heavy atom. The van der Waals surface area contributed by atoms with Gasteiger partial charge in [0.05, 0.1) is 11.8 Å². The summed E-state index contributed by atoms with van der Waals surface area (Å²) in [6, 6.07) is 0. The molecule has 7 nitrogen and oxygen atoms in total. The molecule has 1 saturated heterocycles. The fourth-order valence-electron chi connectivity index (χ4n) is 1.97. The summed E-state index contributed by atoms with van der Waals surface area (Å²) in [5.74, 6) is 0. The molecule has 0 radical (unpaired) electrons. The van der Waals surface area contributed by atoms with Crippen molar-refractivity contribution < 1.29 is 18.3 Å². The molecule has 0 aromatic carbocycles. The number of nitrogens with one attached hydrogen (secondary N) is 1. The predicted octanol–water partition coefficient (Wildman–Crippen LogP) is -0.428. The summed E-state index contributed by atoms with van der Waals surface area (Å²) in [4.78, 5) is 0.0978. The van der Waals surface area contributed by atoms with Gasteiger partial charge in [-0.25, -0.2) is 8.42 Å². The highest BCUT2D eigenvalue weighted by Crippen LogP contribution is 2.23. The average molecular weight is 275 g/mol. The van der Waals surface area contributed by atoms with Crippen molar-refractivity contribution in [2.24, 2.45) is 0 Å². The molecule has 1 aromatic rings. The van der Waals surface area contributed by atoms with Crippen molar-refractivity contribution >= 4 is 10.0 Å².